The van der Waals surface area contributed by atoms with Gasteiger partial charge in [0.1, 0.15) is 0 Å². The van der Waals surface area contributed by atoms with Crippen LogP contribution < -0.4 is 5.73 Å². The molecule has 0 aliphatic heterocycles. The number of pyridine rings is 2. The van der Waals surface area contributed by atoms with E-state index in [4.69, 9.17) is 5.73 Å². The Morgan fingerprint density at radius 1 is 1.21 bits per heavy atom. The first-order chi connectivity index (χ1) is 9.29. The molecule has 5 heteroatoms. The van der Waals surface area contributed by atoms with E-state index in [1.54, 1.807) is 12.4 Å². The first-order valence-electron chi connectivity index (χ1n) is 6.32. The van der Waals surface area contributed by atoms with Gasteiger partial charge in [0.25, 0.3) is 0 Å². The van der Waals surface area contributed by atoms with Crippen molar-refractivity contribution in [2.45, 2.75) is 19.9 Å². The third kappa shape index (κ3) is 2.03. The Hall–Kier alpha value is -2.43. The van der Waals surface area contributed by atoms with Crippen molar-refractivity contribution in [1.29, 1.82) is 0 Å². The van der Waals surface area contributed by atoms with Crippen molar-refractivity contribution in [2.75, 3.05) is 5.73 Å². The van der Waals surface area contributed by atoms with Crippen molar-refractivity contribution >= 4 is 16.9 Å². The number of aromatic nitrogens is 4. The minimum absolute atomic E-state index is 0.534. The molecule has 3 rings (SSSR count). The predicted octanol–water partition coefficient (Wildman–Crippen LogP) is 2.49. The van der Waals surface area contributed by atoms with Gasteiger partial charge in [-0.2, -0.15) is 5.10 Å². The fourth-order valence-electron chi connectivity index (χ4n) is 2.15. The second-order valence-corrected chi connectivity index (χ2v) is 4.44. The number of aryl methyl sites for hydroxylation is 1. The van der Waals surface area contributed by atoms with Crippen molar-refractivity contribution in [3.63, 3.8) is 0 Å². The molecule has 0 amide bonds. The first kappa shape index (κ1) is 11.6. The molecule has 0 saturated carbocycles. The Bertz CT molecular complexity index is 702. The summed E-state index contributed by atoms with van der Waals surface area (Å²) in [7, 11) is 0. The summed E-state index contributed by atoms with van der Waals surface area (Å²) in [5.41, 5.74) is 8.92. The monoisotopic (exact) mass is 253 g/mol. The van der Waals surface area contributed by atoms with Crippen LogP contribution in [0.1, 0.15) is 13.3 Å². The second-order valence-electron chi connectivity index (χ2n) is 4.44. The highest BCUT2D eigenvalue weighted by molar-refractivity contribution is 5.89. The molecular weight excluding hydrogens is 238 g/mol. The molecule has 0 aromatic carbocycles. The second kappa shape index (κ2) is 4.68. The van der Waals surface area contributed by atoms with E-state index in [2.05, 4.69) is 22.0 Å². The third-order valence-electron chi connectivity index (χ3n) is 3.06. The molecule has 0 bridgehead atoms. The summed E-state index contributed by atoms with van der Waals surface area (Å²) in [5, 5.41) is 5.24. The van der Waals surface area contributed by atoms with Crippen molar-refractivity contribution < 1.29 is 0 Å². The number of nitrogen functional groups attached to an aromatic ring is 1. The summed E-state index contributed by atoms with van der Waals surface area (Å²) in [6, 6.07) is 5.94. The fourth-order valence-corrected chi connectivity index (χ4v) is 2.15. The molecule has 2 N–H and O–H groups in total. The van der Waals surface area contributed by atoms with E-state index in [-0.39, 0.29) is 0 Å². The van der Waals surface area contributed by atoms with Crippen molar-refractivity contribution in [3.05, 3.63) is 36.8 Å². The highest BCUT2D eigenvalue weighted by Gasteiger charge is 2.10. The number of nitrogens with zero attached hydrogens (tertiary/aromatic N) is 4. The number of nitrogens with two attached hydrogens (primary N) is 1. The zero-order valence-corrected chi connectivity index (χ0v) is 10.7. The zero-order chi connectivity index (χ0) is 13.2. The van der Waals surface area contributed by atoms with Crippen LogP contribution in [0.3, 0.4) is 0 Å². The van der Waals surface area contributed by atoms with Gasteiger partial charge < -0.3 is 5.73 Å². The van der Waals surface area contributed by atoms with Crippen LogP contribution >= 0.6 is 0 Å². The Balaban J connectivity index is 2.14. The first-order valence-corrected chi connectivity index (χ1v) is 6.32. The minimum atomic E-state index is 0.534. The molecule has 0 radical (unpaired) electrons. The summed E-state index contributed by atoms with van der Waals surface area (Å²) < 4.78 is 1.86. The molecule has 3 aromatic heterocycles. The lowest BCUT2D eigenvalue weighted by Crippen LogP contribution is -2.00. The van der Waals surface area contributed by atoms with Gasteiger partial charge in [0.15, 0.2) is 11.5 Å². The molecule has 5 nitrogen and oxygen atoms in total. The Morgan fingerprint density at radius 3 is 2.74 bits per heavy atom. The van der Waals surface area contributed by atoms with Gasteiger partial charge in [-0.25, -0.2) is 9.67 Å². The van der Waals surface area contributed by atoms with Crippen molar-refractivity contribution in [2.24, 2.45) is 0 Å². The van der Waals surface area contributed by atoms with Gasteiger partial charge in [-0.3, -0.25) is 4.98 Å². The molecule has 0 aliphatic carbocycles. The number of rotatable bonds is 3. The average Bonchev–Trinajstić information content (AvgIpc) is 2.77. The summed E-state index contributed by atoms with van der Waals surface area (Å²) in [4.78, 5) is 8.51. The van der Waals surface area contributed by atoms with E-state index in [1.807, 2.05) is 29.1 Å². The number of anilines is 1. The predicted molar refractivity (Wildman–Crippen MR) is 75.5 cm³/mol. The number of fused-ring (bicyclic) bond motifs is 1. The highest BCUT2D eigenvalue weighted by atomic mass is 15.3. The van der Waals surface area contributed by atoms with Crippen LogP contribution in [0.15, 0.2) is 36.8 Å². The molecule has 0 atom stereocenters. The molecule has 0 saturated heterocycles. The molecule has 0 aliphatic rings. The van der Waals surface area contributed by atoms with Gasteiger partial charge in [-0.15, -0.1) is 0 Å². The lowest BCUT2D eigenvalue weighted by molar-refractivity contribution is 0.620. The topological polar surface area (TPSA) is 69.6 Å². The highest BCUT2D eigenvalue weighted by Crippen LogP contribution is 2.25. The molecule has 19 heavy (non-hydrogen) atoms. The van der Waals surface area contributed by atoms with Gasteiger partial charge in [0.05, 0.1) is 5.39 Å². The van der Waals surface area contributed by atoms with E-state index in [1.165, 1.54) is 0 Å². The van der Waals surface area contributed by atoms with Crippen LogP contribution in [-0.2, 0) is 6.54 Å². The standard InChI is InChI=1S/C14H15N5/c1-2-7-19-14-12(13(15)18-19)8-11(9-17-14)10-3-5-16-6-4-10/h3-6,8-9H,2,7H2,1H3,(H2,15,18). The zero-order valence-electron chi connectivity index (χ0n) is 10.7. The summed E-state index contributed by atoms with van der Waals surface area (Å²) in [5.74, 6) is 0.534. The number of hydrogen-bond acceptors (Lipinski definition) is 4. The largest absolute Gasteiger partial charge is 0.382 e. The van der Waals surface area contributed by atoms with Crippen LogP contribution in [0, 0.1) is 0 Å². The number of hydrogen-bond donors (Lipinski definition) is 1. The molecule has 96 valence electrons. The minimum Gasteiger partial charge on any atom is -0.382 e. The fraction of sp³-hybridized carbons (Fsp3) is 0.214. The molecule has 3 aromatic rings. The van der Waals surface area contributed by atoms with E-state index in [0.29, 0.717) is 5.82 Å². The molecule has 0 spiro atoms. The van der Waals surface area contributed by atoms with Crippen LogP contribution in [0.2, 0.25) is 0 Å². The quantitative estimate of drug-likeness (QED) is 0.778. The van der Waals surface area contributed by atoms with Gasteiger partial charge in [0.2, 0.25) is 0 Å². The third-order valence-corrected chi connectivity index (χ3v) is 3.06. The van der Waals surface area contributed by atoms with Crippen LogP contribution in [0.25, 0.3) is 22.2 Å². The van der Waals surface area contributed by atoms with Crippen LogP contribution in [0.5, 0.6) is 0 Å². The van der Waals surface area contributed by atoms with E-state index in [9.17, 15) is 0 Å². The van der Waals surface area contributed by atoms with Gasteiger partial charge in [-0.05, 0) is 30.2 Å². The Kier molecular flexibility index (Phi) is 2.87. The molecule has 0 unspecified atom stereocenters. The maximum atomic E-state index is 5.97. The average molecular weight is 253 g/mol. The maximum absolute atomic E-state index is 5.97. The summed E-state index contributed by atoms with van der Waals surface area (Å²) in [6.45, 7) is 2.93. The van der Waals surface area contributed by atoms with Crippen molar-refractivity contribution in [3.8, 4) is 11.1 Å². The summed E-state index contributed by atoms with van der Waals surface area (Å²) in [6.07, 6.45) is 6.39. The van der Waals surface area contributed by atoms with E-state index < -0.39 is 0 Å². The van der Waals surface area contributed by atoms with E-state index >= 15 is 0 Å². The normalized spacial score (nSPS) is 11.0. The molecular formula is C14H15N5. The van der Waals surface area contributed by atoms with Crippen molar-refractivity contribution in [1.82, 2.24) is 19.7 Å². The smallest absolute Gasteiger partial charge is 0.159 e. The van der Waals surface area contributed by atoms with Crippen LogP contribution in [0.4, 0.5) is 5.82 Å². The molecule has 3 heterocycles. The Labute approximate surface area is 111 Å². The van der Waals surface area contributed by atoms with Gasteiger partial charge >= 0.3 is 0 Å². The van der Waals surface area contributed by atoms with E-state index in [0.717, 1.165) is 35.1 Å². The lowest BCUT2D eigenvalue weighted by Gasteiger charge is -2.02. The van der Waals surface area contributed by atoms with Gasteiger partial charge in [0, 0.05) is 30.7 Å². The van der Waals surface area contributed by atoms with Gasteiger partial charge in [-0.1, -0.05) is 6.92 Å². The lowest BCUT2D eigenvalue weighted by atomic mass is 10.1. The Morgan fingerprint density at radius 2 is 2.00 bits per heavy atom. The maximum Gasteiger partial charge on any atom is 0.159 e. The SMILES string of the molecule is CCCn1nc(N)c2cc(-c3ccncc3)cnc21. The molecule has 0 fully saturated rings. The summed E-state index contributed by atoms with van der Waals surface area (Å²) >= 11 is 0. The van der Waals surface area contributed by atoms with Crippen LogP contribution in [-0.4, -0.2) is 19.7 Å².